The van der Waals surface area contributed by atoms with Crippen LogP contribution in [0.15, 0.2) is 30.3 Å². The molecule has 1 heterocycles. The second-order valence-corrected chi connectivity index (χ2v) is 10.3. The number of thioether (sulfide) groups is 1. The summed E-state index contributed by atoms with van der Waals surface area (Å²) in [4.78, 5) is 24.5. The van der Waals surface area contributed by atoms with E-state index in [1.165, 1.54) is 0 Å². The number of aromatic nitrogens is 4. The molecule has 2 atom stereocenters. The van der Waals surface area contributed by atoms with Crippen molar-refractivity contribution >= 4 is 33.8 Å². The lowest BCUT2D eigenvalue weighted by atomic mass is 10.1. The quantitative estimate of drug-likeness (QED) is 0.335. The Bertz CT molecular complexity index is 919. The molecule has 33 heavy (non-hydrogen) atoms. The molecular formula is C20H31N7O4S2. The zero-order chi connectivity index (χ0) is 24.3. The van der Waals surface area contributed by atoms with Crippen LogP contribution in [0, 0.1) is 0 Å². The molecule has 0 radical (unpaired) electrons. The number of benzene rings is 1. The van der Waals surface area contributed by atoms with Crippen molar-refractivity contribution in [3.8, 4) is 0 Å². The summed E-state index contributed by atoms with van der Waals surface area (Å²) in [6.45, 7) is 4.52. The molecule has 5 N–H and O–H groups in total. The maximum atomic E-state index is 12.6. The molecular weight excluding hydrogens is 466 g/mol. The molecule has 0 fully saturated rings. The zero-order valence-electron chi connectivity index (χ0n) is 18.8. The summed E-state index contributed by atoms with van der Waals surface area (Å²) in [7, 11) is -1.44. The first kappa shape index (κ1) is 27.1. The van der Waals surface area contributed by atoms with Crippen LogP contribution in [0.2, 0.25) is 0 Å². The van der Waals surface area contributed by atoms with E-state index in [4.69, 9.17) is 15.6 Å². The second-order valence-electron chi connectivity index (χ2n) is 7.91. The maximum Gasteiger partial charge on any atom is 0.220 e. The van der Waals surface area contributed by atoms with E-state index in [1.54, 1.807) is 18.5 Å². The highest BCUT2D eigenvalue weighted by atomic mass is 32.2. The number of nitrogens with one attached hydrogen (secondary N) is 1. The number of hydrogen-bond acceptors (Lipinski definition) is 9. The van der Waals surface area contributed by atoms with Crippen molar-refractivity contribution in [2.45, 2.75) is 50.6 Å². The summed E-state index contributed by atoms with van der Waals surface area (Å²) in [5.74, 6) is 0.507. The first-order chi connectivity index (χ1) is 15.7. The van der Waals surface area contributed by atoms with Gasteiger partial charge in [-0.05, 0) is 36.3 Å². The smallest absolute Gasteiger partial charge is 0.220 e. The SMILES string of the molecule is CC(C)(N)C(=O)SC(COCc1ccccc1)c1nnnn1CCCC(=O)NCCS(N)=O. The van der Waals surface area contributed by atoms with Crippen LogP contribution in [-0.2, 0) is 38.5 Å². The predicted molar refractivity (Wildman–Crippen MR) is 127 cm³/mol. The van der Waals surface area contributed by atoms with Crippen molar-refractivity contribution < 1.29 is 18.5 Å². The minimum atomic E-state index is -1.44. The molecule has 1 aromatic carbocycles. The van der Waals surface area contributed by atoms with E-state index in [9.17, 15) is 13.8 Å². The second kappa shape index (κ2) is 13.5. The van der Waals surface area contributed by atoms with Gasteiger partial charge >= 0.3 is 0 Å². The fraction of sp³-hybridized carbons (Fsp3) is 0.550. The Morgan fingerprint density at radius 2 is 2.03 bits per heavy atom. The van der Waals surface area contributed by atoms with Crippen LogP contribution in [0.5, 0.6) is 0 Å². The average Bonchev–Trinajstić information content (AvgIpc) is 3.21. The molecule has 0 aliphatic heterocycles. The fourth-order valence-corrected chi connectivity index (χ4v) is 3.97. The minimum Gasteiger partial charge on any atom is -0.375 e. The summed E-state index contributed by atoms with van der Waals surface area (Å²) in [6.07, 6.45) is 0.724. The Kier molecular flexibility index (Phi) is 11.1. The highest BCUT2D eigenvalue weighted by Crippen LogP contribution is 2.31. The van der Waals surface area contributed by atoms with Gasteiger partial charge in [-0.3, -0.25) is 14.7 Å². The monoisotopic (exact) mass is 497 g/mol. The van der Waals surface area contributed by atoms with Crippen molar-refractivity contribution in [1.82, 2.24) is 25.5 Å². The molecule has 2 aromatic rings. The summed E-state index contributed by atoms with van der Waals surface area (Å²) >= 11 is 1.04. The molecule has 0 bridgehead atoms. The van der Waals surface area contributed by atoms with E-state index in [0.717, 1.165) is 17.3 Å². The highest BCUT2D eigenvalue weighted by molar-refractivity contribution is 8.14. The van der Waals surface area contributed by atoms with Crippen LogP contribution in [0.25, 0.3) is 0 Å². The lowest BCUT2D eigenvalue weighted by molar-refractivity contribution is -0.121. The number of nitrogens with zero attached hydrogens (tertiary/aromatic N) is 4. The number of rotatable bonds is 14. The number of ether oxygens (including phenoxy) is 1. The third-order valence-electron chi connectivity index (χ3n) is 4.40. The molecule has 2 unspecified atom stereocenters. The topological polar surface area (TPSA) is 168 Å². The third-order valence-corrected chi connectivity index (χ3v) is 6.38. The molecule has 0 aliphatic carbocycles. The van der Waals surface area contributed by atoms with Crippen LogP contribution in [0.3, 0.4) is 0 Å². The van der Waals surface area contributed by atoms with Crippen molar-refractivity contribution in [3.63, 3.8) is 0 Å². The van der Waals surface area contributed by atoms with E-state index in [-0.39, 0.29) is 36.3 Å². The van der Waals surface area contributed by atoms with Crippen LogP contribution >= 0.6 is 11.8 Å². The standard InChI is InChI=1S/C20H31N7O4S2/c1-20(2,21)19(29)32-16(14-31-13-15-7-4-3-5-8-15)18-24-25-26-27(18)11-6-9-17(28)23-10-12-33(22)30/h3-5,7-8,16H,6,9-14,21-22H2,1-2H3,(H,23,28). The summed E-state index contributed by atoms with van der Waals surface area (Å²) < 4.78 is 18.3. The molecule has 13 heteroatoms. The number of tetrazole rings is 1. The largest absolute Gasteiger partial charge is 0.375 e. The highest BCUT2D eigenvalue weighted by Gasteiger charge is 2.30. The molecule has 1 aromatic heterocycles. The number of carbonyl (C=O) groups excluding carboxylic acids is 2. The number of hydrogen-bond donors (Lipinski definition) is 3. The third kappa shape index (κ3) is 10.1. The van der Waals surface area contributed by atoms with Gasteiger partial charge in [-0.1, -0.05) is 42.1 Å². The van der Waals surface area contributed by atoms with Gasteiger partial charge in [-0.25, -0.2) is 8.89 Å². The first-order valence-corrected chi connectivity index (χ1v) is 12.7. The van der Waals surface area contributed by atoms with Gasteiger partial charge in [0.15, 0.2) is 5.82 Å². The number of aryl methyl sites for hydroxylation is 1. The normalized spacial score (nSPS) is 13.5. The van der Waals surface area contributed by atoms with Gasteiger partial charge in [-0.2, -0.15) is 0 Å². The van der Waals surface area contributed by atoms with Gasteiger partial charge in [0.25, 0.3) is 0 Å². The minimum absolute atomic E-state index is 0.174. The Labute approximate surface area is 200 Å². The number of carbonyl (C=O) groups is 2. The molecule has 0 aliphatic rings. The van der Waals surface area contributed by atoms with Crippen molar-refractivity contribution in [1.29, 1.82) is 0 Å². The van der Waals surface area contributed by atoms with Crippen LogP contribution in [-0.4, -0.2) is 59.9 Å². The van der Waals surface area contributed by atoms with E-state index in [2.05, 4.69) is 20.8 Å². The van der Waals surface area contributed by atoms with Crippen molar-refractivity contribution in [3.05, 3.63) is 41.7 Å². The molecule has 1 amide bonds. The Balaban J connectivity index is 1.98. The van der Waals surface area contributed by atoms with Crippen LogP contribution in [0.4, 0.5) is 0 Å². The van der Waals surface area contributed by atoms with Gasteiger partial charge in [0.05, 0.1) is 40.7 Å². The van der Waals surface area contributed by atoms with Crippen molar-refractivity contribution in [2.75, 3.05) is 18.9 Å². The molecule has 0 saturated carbocycles. The lowest BCUT2D eigenvalue weighted by Gasteiger charge is -2.21. The van der Waals surface area contributed by atoms with Gasteiger partial charge in [0.1, 0.15) is 0 Å². The van der Waals surface area contributed by atoms with E-state index >= 15 is 0 Å². The van der Waals surface area contributed by atoms with Gasteiger partial charge in [0, 0.05) is 19.5 Å². The molecule has 2 rings (SSSR count). The van der Waals surface area contributed by atoms with Gasteiger partial charge in [-0.15, -0.1) is 5.10 Å². The first-order valence-electron chi connectivity index (χ1n) is 10.4. The zero-order valence-corrected chi connectivity index (χ0v) is 20.4. The van der Waals surface area contributed by atoms with E-state index < -0.39 is 21.8 Å². The van der Waals surface area contributed by atoms with Crippen LogP contribution < -0.4 is 16.2 Å². The van der Waals surface area contributed by atoms with E-state index in [0.29, 0.717) is 25.4 Å². The summed E-state index contributed by atoms with van der Waals surface area (Å²) in [5, 5.41) is 19.0. The molecule has 11 nitrogen and oxygen atoms in total. The molecule has 182 valence electrons. The number of amides is 1. The van der Waals surface area contributed by atoms with Gasteiger partial charge in [0.2, 0.25) is 11.0 Å². The Hall–Kier alpha value is -2.19. The van der Waals surface area contributed by atoms with Crippen molar-refractivity contribution in [2.24, 2.45) is 10.9 Å². The Morgan fingerprint density at radius 1 is 1.30 bits per heavy atom. The van der Waals surface area contributed by atoms with Crippen LogP contribution in [0.1, 0.15) is 43.3 Å². The summed E-state index contributed by atoms with van der Waals surface area (Å²) in [5.41, 5.74) is 5.96. The molecule has 0 saturated heterocycles. The fourth-order valence-electron chi connectivity index (χ4n) is 2.67. The predicted octanol–water partition coefficient (Wildman–Crippen LogP) is 0.447. The van der Waals surface area contributed by atoms with Gasteiger partial charge < -0.3 is 15.8 Å². The maximum absolute atomic E-state index is 12.6. The Morgan fingerprint density at radius 3 is 2.70 bits per heavy atom. The summed E-state index contributed by atoms with van der Waals surface area (Å²) in [6, 6.07) is 9.69. The number of nitrogens with two attached hydrogens (primary N) is 2. The molecule has 0 spiro atoms. The lowest BCUT2D eigenvalue weighted by Crippen LogP contribution is -2.40. The average molecular weight is 498 g/mol. The van der Waals surface area contributed by atoms with E-state index in [1.807, 2.05) is 30.3 Å².